The second kappa shape index (κ2) is 10.9. The van der Waals surface area contributed by atoms with E-state index in [4.69, 9.17) is 42.1 Å². The predicted molar refractivity (Wildman–Crippen MR) is 121 cm³/mol. The topological polar surface area (TPSA) is 71.1 Å². The van der Waals surface area contributed by atoms with Crippen LogP contribution in [0.5, 0.6) is 11.5 Å². The lowest BCUT2D eigenvalue weighted by Crippen LogP contribution is -2.08. The molecule has 0 unspecified atom stereocenters. The van der Waals surface area contributed by atoms with Gasteiger partial charge in [0.25, 0.3) is 0 Å². The lowest BCUT2D eigenvalue weighted by atomic mass is 10.1. The van der Waals surface area contributed by atoms with Crippen molar-refractivity contribution in [2.24, 2.45) is 0 Å². The van der Waals surface area contributed by atoms with Crippen molar-refractivity contribution in [2.75, 3.05) is 14.2 Å². The SMILES string of the molecule is COc1ccc(Cl)cc1C(=O)OCc1cccc(COC(=O)c2cc(Cl)ccc2OC)c1. The second-order valence-electron chi connectivity index (χ2n) is 6.66. The quantitative estimate of drug-likeness (QED) is 0.388. The molecule has 0 fully saturated rings. The molecule has 0 aliphatic heterocycles. The molecule has 0 heterocycles. The Balaban J connectivity index is 1.62. The van der Waals surface area contributed by atoms with Gasteiger partial charge in [0.2, 0.25) is 0 Å². The minimum atomic E-state index is -0.561. The molecule has 0 N–H and O–H groups in total. The number of hydrogen-bond donors (Lipinski definition) is 0. The van der Waals surface area contributed by atoms with Crippen LogP contribution in [-0.4, -0.2) is 26.2 Å². The van der Waals surface area contributed by atoms with E-state index in [9.17, 15) is 9.59 Å². The molecule has 3 aromatic carbocycles. The number of carbonyl (C=O) groups excluding carboxylic acids is 2. The van der Waals surface area contributed by atoms with E-state index in [0.717, 1.165) is 11.1 Å². The van der Waals surface area contributed by atoms with Gasteiger partial charge in [-0.3, -0.25) is 0 Å². The summed E-state index contributed by atoms with van der Waals surface area (Å²) in [6.07, 6.45) is 0. The highest BCUT2D eigenvalue weighted by Crippen LogP contribution is 2.25. The van der Waals surface area contributed by atoms with Crippen LogP contribution in [0.2, 0.25) is 10.0 Å². The van der Waals surface area contributed by atoms with Crippen molar-refractivity contribution in [3.8, 4) is 11.5 Å². The van der Waals surface area contributed by atoms with Gasteiger partial charge in [-0.2, -0.15) is 0 Å². The first-order valence-electron chi connectivity index (χ1n) is 9.50. The minimum absolute atomic E-state index is 0.0262. The van der Waals surface area contributed by atoms with Crippen LogP contribution in [0.15, 0.2) is 60.7 Å². The molecule has 0 bridgehead atoms. The zero-order valence-corrected chi connectivity index (χ0v) is 18.9. The van der Waals surface area contributed by atoms with E-state index < -0.39 is 11.9 Å². The number of esters is 2. The number of benzene rings is 3. The summed E-state index contributed by atoms with van der Waals surface area (Å²) in [5.41, 5.74) is 1.93. The van der Waals surface area contributed by atoms with Gasteiger partial charge < -0.3 is 18.9 Å². The molecule has 3 rings (SSSR count). The van der Waals surface area contributed by atoms with Gasteiger partial charge in [-0.25, -0.2) is 9.59 Å². The Morgan fingerprint density at radius 2 is 1.12 bits per heavy atom. The third kappa shape index (κ3) is 5.93. The smallest absolute Gasteiger partial charge is 0.342 e. The summed E-state index contributed by atoms with van der Waals surface area (Å²) in [4.78, 5) is 24.9. The fraction of sp³-hybridized carbons (Fsp3) is 0.167. The fourth-order valence-corrected chi connectivity index (χ4v) is 3.29. The van der Waals surface area contributed by atoms with Gasteiger partial charge in [-0.05, 0) is 53.6 Å². The van der Waals surface area contributed by atoms with Crippen LogP contribution in [0.25, 0.3) is 0 Å². The molecular weight excluding hydrogens is 455 g/mol. The molecule has 0 aromatic heterocycles. The van der Waals surface area contributed by atoms with Gasteiger partial charge in [0.05, 0.1) is 14.2 Å². The number of rotatable bonds is 8. The van der Waals surface area contributed by atoms with Crippen LogP contribution in [0.3, 0.4) is 0 Å². The Morgan fingerprint density at radius 1 is 0.688 bits per heavy atom. The van der Waals surface area contributed by atoms with Crippen molar-refractivity contribution >= 4 is 35.1 Å². The molecule has 6 nitrogen and oxygen atoms in total. The van der Waals surface area contributed by atoms with Gasteiger partial charge in [0.15, 0.2) is 0 Å². The van der Waals surface area contributed by atoms with E-state index in [0.29, 0.717) is 21.5 Å². The highest BCUT2D eigenvalue weighted by Gasteiger charge is 2.16. The van der Waals surface area contributed by atoms with Crippen molar-refractivity contribution < 1.29 is 28.5 Å². The molecule has 0 amide bonds. The van der Waals surface area contributed by atoms with E-state index in [-0.39, 0.29) is 24.3 Å². The Hall–Kier alpha value is -3.22. The standard InChI is InChI=1S/C24H20Cl2O6/c1-29-21-8-6-17(25)11-19(21)23(27)31-13-15-4-3-5-16(10-15)14-32-24(28)20-12-18(26)7-9-22(20)30-2/h3-12H,13-14H2,1-2H3. The molecule has 0 spiro atoms. The summed E-state index contributed by atoms with van der Waals surface area (Å²) in [6.45, 7) is 0.0524. The summed E-state index contributed by atoms with van der Waals surface area (Å²) in [7, 11) is 2.92. The van der Waals surface area contributed by atoms with Crippen LogP contribution in [-0.2, 0) is 22.7 Å². The monoisotopic (exact) mass is 474 g/mol. The van der Waals surface area contributed by atoms with Crippen molar-refractivity contribution in [1.82, 2.24) is 0 Å². The lowest BCUT2D eigenvalue weighted by molar-refractivity contribution is 0.0467. The van der Waals surface area contributed by atoms with Gasteiger partial charge in [0, 0.05) is 10.0 Å². The summed E-state index contributed by atoms with van der Waals surface area (Å²) < 4.78 is 21.1. The summed E-state index contributed by atoms with van der Waals surface area (Å²) in [5, 5.41) is 0.802. The van der Waals surface area contributed by atoms with Crippen molar-refractivity contribution in [2.45, 2.75) is 13.2 Å². The van der Waals surface area contributed by atoms with E-state index >= 15 is 0 Å². The number of ether oxygens (including phenoxy) is 4. The van der Waals surface area contributed by atoms with E-state index in [2.05, 4.69) is 0 Å². The number of halogens is 2. The Bertz CT molecular complexity index is 1040. The molecular formula is C24H20Cl2O6. The molecule has 0 aliphatic carbocycles. The normalized spacial score (nSPS) is 10.4. The highest BCUT2D eigenvalue weighted by molar-refractivity contribution is 6.31. The molecule has 8 heteroatoms. The Morgan fingerprint density at radius 3 is 1.53 bits per heavy atom. The zero-order chi connectivity index (χ0) is 23.1. The Labute approximate surface area is 195 Å². The van der Waals surface area contributed by atoms with Crippen LogP contribution >= 0.6 is 23.2 Å². The maximum Gasteiger partial charge on any atom is 0.342 e. The van der Waals surface area contributed by atoms with E-state index in [1.165, 1.54) is 26.4 Å². The molecule has 3 aromatic rings. The van der Waals surface area contributed by atoms with Crippen molar-refractivity contribution in [3.63, 3.8) is 0 Å². The first kappa shape index (κ1) is 23.4. The molecule has 32 heavy (non-hydrogen) atoms. The molecule has 0 saturated carbocycles. The fourth-order valence-electron chi connectivity index (χ4n) is 2.94. The summed E-state index contributed by atoms with van der Waals surface area (Å²) >= 11 is 11.9. The molecule has 0 atom stereocenters. The van der Waals surface area contributed by atoms with Crippen LogP contribution in [0.4, 0.5) is 0 Å². The highest BCUT2D eigenvalue weighted by atomic mass is 35.5. The first-order chi connectivity index (χ1) is 15.4. The molecule has 166 valence electrons. The number of methoxy groups -OCH3 is 2. The molecule has 0 radical (unpaired) electrons. The Kier molecular flexibility index (Phi) is 7.98. The second-order valence-corrected chi connectivity index (χ2v) is 7.53. The molecule has 0 aliphatic rings. The van der Waals surface area contributed by atoms with Crippen molar-refractivity contribution in [1.29, 1.82) is 0 Å². The predicted octanol–water partition coefficient (Wildman–Crippen LogP) is 5.72. The van der Waals surface area contributed by atoms with Crippen LogP contribution in [0, 0.1) is 0 Å². The van der Waals surface area contributed by atoms with Gasteiger partial charge >= 0.3 is 11.9 Å². The third-order valence-corrected chi connectivity index (χ3v) is 4.96. The van der Waals surface area contributed by atoms with Gasteiger partial charge in [-0.15, -0.1) is 0 Å². The van der Waals surface area contributed by atoms with Crippen LogP contribution in [0.1, 0.15) is 31.8 Å². The average Bonchev–Trinajstić information content (AvgIpc) is 2.81. The zero-order valence-electron chi connectivity index (χ0n) is 17.4. The van der Waals surface area contributed by atoms with Crippen molar-refractivity contribution in [3.05, 3.63) is 93.0 Å². The van der Waals surface area contributed by atoms with Gasteiger partial charge in [0.1, 0.15) is 35.8 Å². The maximum absolute atomic E-state index is 12.4. The number of hydrogen-bond acceptors (Lipinski definition) is 6. The van der Waals surface area contributed by atoms with Crippen LogP contribution < -0.4 is 9.47 Å². The molecule has 0 saturated heterocycles. The maximum atomic E-state index is 12.4. The third-order valence-electron chi connectivity index (χ3n) is 4.49. The van der Waals surface area contributed by atoms with E-state index in [1.807, 2.05) is 0 Å². The van der Waals surface area contributed by atoms with E-state index in [1.54, 1.807) is 48.5 Å². The first-order valence-corrected chi connectivity index (χ1v) is 10.3. The summed E-state index contributed by atoms with van der Waals surface area (Å²) in [5.74, 6) is -0.378. The van der Waals surface area contributed by atoms with Gasteiger partial charge in [-0.1, -0.05) is 41.4 Å². The summed E-state index contributed by atoms with van der Waals surface area (Å²) in [6, 6.07) is 16.6. The average molecular weight is 475 g/mol. The lowest BCUT2D eigenvalue weighted by Gasteiger charge is -2.11. The number of carbonyl (C=O) groups is 2. The largest absolute Gasteiger partial charge is 0.496 e. The minimum Gasteiger partial charge on any atom is -0.496 e.